The quantitative estimate of drug-likeness (QED) is 0.0782. The highest BCUT2D eigenvalue weighted by molar-refractivity contribution is 5.86. The van der Waals surface area contributed by atoms with Crippen molar-refractivity contribution in [1.82, 2.24) is 69.8 Å². The maximum Gasteiger partial charge on any atom is 0.160 e. The number of benzene rings is 6. The fourth-order valence-electron chi connectivity index (χ4n) is 11.6. The van der Waals surface area contributed by atoms with Gasteiger partial charge in [0.2, 0.25) is 0 Å². The number of pyridine rings is 8. The molecule has 0 saturated carbocycles. The van der Waals surface area contributed by atoms with Crippen LogP contribution in [0.4, 0.5) is 0 Å². The summed E-state index contributed by atoms with van der Waals surface area (Å²) in [6, 6.07) is 90.6. The average Bonchev–Trinajstić information content (AvgIpc) is 0.788. The Labute approximate surface area is 572 Å². The molecule has 11 heterocycles. The van der Waals surface area contributed by atoms with Crippen molar-refractivity contribution < 1.29 is 14.2 Å². The highest BCUT2D eigenvalue weighted by Gasteiger charge is 2.20. The Kier molecular flexibility index (Phi) is 16.0. The number of ether oxygens (including phenoxy) is 3. The van der Waals surface area contributed by atoms with Crippen LogP contribution in [0, 0.1) is 0 Å². The fourth-order valence-corrected chi connectivity index (χ4v) is 11.6. The molecule has 6 aromatic carbocycles. The van der Waals surface area contributed by atoms with Crippen LogP contribution < -0.4 is 14.2 Å². The molecule has 0 unspecified atom stereocenters. The van der Waals surface area contributed by atoms with Crippen LogP contribution in [0.1, 0.15) is 16.7 Å². The zero-order chi connectivity index (χ0) is 66.6. The summed E-state index contributed by atoms with van der Waals surface area (Å²) in [5, 5.41) is 3.45. The SMILES string of the molecule is c1ccc(COc2ccc(-c3nc(-c4ccc5cccnc5n4)cc(-c4ccc5ccc(-c6cc(-c7ccc8ccc(-c9cc(-c%10ccc%11cccnc%11n%10)nc(-c%10ccc(OCc%11ccccc%11)cc%10)n9)nc8n7)nc(-c7ccc(OCc8ccccc8)cc7)n6)nc5n4)n3)cc2)cc1. The Balaban J connectivity index is 0.736. The van der Waals surface area contributed by atoms with Crippen LogP contribution in [0.15, 0.2) is 291 Å². The van der Waals surface area contributed by atoms with E-state index in [0.29, 0.717) is 134 Å². The van der Waals surface area contributed by atoms with Gasteiger partial charge in [-0.3, -0.25) is 0 Å². The van der Waals surface area contributed by atoms with Crippen molar-refractivity contribution in [3.63, 3.8) is 0 Å². The molecule has 0 aliphatic heterocycles. The van der Waals surface area contributed by atoms with Gasteiger partial charge in [0.05, 0.1) is 68.3 Å². The van der Waals surface area contributed by atoms with E-state index < -0.39 is 0 Å². The zero-order valence-electron chi connectivity index (χ0n) is 53.3. The summed E-state index contributed by atoms with van der Waals surface area (Å²) in [6.07, 6.45) is 3.47. The maximum atomic E-state index is 6.22. The predicted molar refractivity (Wildman–Crippen MR) is 387 cm³/mol. The van der Waals surface area contributed by atoms with Gasteiger partial charge in [0.25, 0.3) is 0 Å². The second-order valence-electron chi connectivity index (χ2n) is 23.7. The first kappa shape index (κ1) is 59.9. The molecule has 0 fully saturated rings. The summed E-state index contributed by atoms with van der Waals surface area (Å²) in [4.78, 5) is 70.9. The second-order valence-corrected chi connectivity index (χ2v) is 23.7. The van der Waals surface area contributed by atoms with Crippen LogP contribution in [0.25, 0.3) is 147 Å². The number of nitrogens with zero attached hydrogens (tertiary/aromatic N) is 14. The lowest BCUT2D eigenvalue weighted by Gasteiger charge is -2.12. The molecule has 0 atom stereocenters. The molecular formula is C83H54N14O3. The lowest BCUT2D eigenvalue weighted by molar-refractivity contribution is 0.306. The first-order chi connectivity index (χ1) is 49.4. The standard InChI is InChI=1S/C83H54N14O3/c1-4-12-52(13-5-1)49-98-62-32-20-57(21-33-62)81-92-71(65-38-26-55-18-10-44-84-77(55)86-65)46-73(94-81)67-40-28-60-30-42-69(90-79(60)88-67)75-48-76(97-83(96-75)59-24-36-64(37-25-59)100-51-54-16-8-3-9-17-54)70-43-31-61-29-41-68(89-80(61)91-70)74-47-72(66-39-27-56-19-11-45-85-78(56)87-66)93-82(95-74)58-22-34-63(35-23-58)99-50-53-14-6-2-7-15-53/h1-48H,49-51H2. The predicted octanol–water partition coefficient (Wildman–Crippen LogP) is 17.6. The van der Waals surface area contributed by atoms with Crippen molar-refractivity contribution in [1.29, 1.82) is 0 Å². The lowest BCUT2D eigenvalue weighted by atomic mass is 10.1. The second kappa shape index (κ2) is 26.8. The van der Waals surface area contributed by atoms with E-state index in [1.54, 1.807) is 12.4 Å². The van der Waals surface area contributed by atoms with Gasteiger partial charge in [-0.2, -0.15) is 0 Å². The van der Waals surface area contributed by atoms with Crippen LogP contribution in [0.2, 0.25) is 0 Å². The van der Waals surface area contributed by atoms with E-state index in [4.69, 9.17) is 74.0 Å². The molecule has 0 spiro atoms. The van der Waals surface area contributed by atoms with Gasteiger partial charge in [0.15, 0.2) is 40.1 Å². The molecular weight excluding hydrogens is 1240 g/mol. The molecule has 11 aromatic heterocycles. The van der Waals surface area contributed by atoms with Crippen LogP contribution in [0.5, 0.6) is 17.2 Å². The molecule has 0 radical (unpaired) electrons. The fraction of sp³-hybridized carbons (Fsp3) is 0.0361. The normalized spacial score (nSPS) is 11.3. The van der Waals surface area contributed by atoms with E-state index in [1.807, 2.05) is 279 Å². The minimum absolute atomic E-state index is 0.417. The largest absolute Gasteiger partial charge is 0.489 e. The average molecular weight is 1300 g/mol. The topological polar surface area (TPSA) is 208 Å². The summed E-state index contributed by atoms with van der Waals surface area (Å²) in [5.74, 6) is 3.54. The molecule has 0 saturated heterocycles. The van der Waals surface area contributed by atoms with Gasteiger partial charge in [-0.05, 0) is 205 Å². The number of aromatic nitrogens is 14. The molecule has 17 aromatic rings. The van der Waals surface area contributed by atoms with E-state index in [2.05, 4.69) is 9.97 Å². The molecule has 0 bridgehead atoms. The maximum absolute atomic E-state index is 6.22. The molecule has 0 aliphatic rings. The van der Waals surface area contributed by atoms with E-state index in [-0.39, 0.29) is 0 Å². The van der Waals surface area contributed by atoms with Crippen molar-refractivity contribution in [2.75, 3.05) is 0 Å². The van der Waals surface area contributed by atoms with Gasteiger partial charge in [-0.25, -0.2) is 69.8 Å². The molecule has 0 N–H and O–H groups in total. The highest BCUT2D eigenvalue weighted by Crippen LogP contribution is 2.35. The Morgan fingerprint density at radius 2 is 0.450 bits per heavy atom. The van der Waals surface area contributed by atoms with Crippen LogP contribution >= 0.6 is 0 Å². The minimum atomic E-state index is 0.417. The molecule has 474 valence electrons. The van der Waals surface area contributed by atoms with E-state index >= 15 is 0 Å². The van der Waals surface area contributed by atoms with Gasteiger partial charge in [-0.15, -0.1) is 0 Å². The number of hydrogen-bond donors (Lipinski definition) is 0. The molecule has 17 nitrogen and oxygen atoms in total. The van der Waals surface area contributed by atoms with Gasteiger partial charge in [0.1, 0.15) is 37.1 Å². The first-order valence-corrected chi connectivity index (χ1v) is 32.4. The number of fused-ring (bicyclic) bond motifs is 4. The summed E-state index contributed by atoms with van der Waals surface area (Å²) >= 11 is 0. The summed E-state index contributed by atoms with van der Waals surface area (Å²) in [7, 11) is 0. The van der Waals surface area contributed by atoms with Crippen LogP contribution in [0.3, 0.4) is 0 Å². The number of rotatable bonds is 18. The molecule has 0 aliphatic carbocycles. The van der Waals surface area contributed by atoms with E-state index in [1.165, 1.54) is 0 Å². The zero-order valence-corrected chi connectivity index (χ0v) is 53.3. The minimum Gasteiger partial charge on any atom is -0.489 e. The molecule has 17 heteroatoms. The molecule has 17 rings (SSSR count). The van der Waals surface area contributed by atoms with Gasteiger partial charge in [-0.1, -0.05) is 91.0 Å². The molecule has 0 amide bonds. The monoisotopic (exact) mass is 1290 g/mol. The number of hydrogen-bond acceptors (Lipinski definition) is 17. The Hall–Kier alpha value is -13.8. The lowest BCUT2D eigenvalue weighted by Crippen LogP contribution is -2.01. The van der Waals surface area contributed by atoms with Crippen molar-refractivity contribution in [2.45, 2.75) is 19.8 Å². The summed E-state index contributed by atoms with van der Waals surface area (Å²) < 4.78 is 18.5. The Bertz CT molecular complexity index is 5550. The van der Waals surface area contributed by atoms with Crippen molar-refractivity contribution in [3.8, 4) is 120 Å². The van der Waals surface area contributed by atoms with Gasteiger partial charge < -0.3 is 14.2 Å². The smallest absolute Gasteiger partial charge is 0.160 e. The van der Waals surface area contributed by atoms with E-state index in [9.17, 15) is 0 Å². The Morgan fingerprint density at radius 3 is 0.720 bits per heavy atom. The van der Waals surface area contributed by atoms with Gasteiger partial charge in [0, 0.05) is 50.6 Å². The third-order valence-electron chi connectivity index (χ3n) is 16.9. The summed E-state index contributed by atoms with van der Waals surface area (Å²) in [6.45, 7) is 1.29. The highest BCUT2D eigenvalue weighted by atomic mass is 16.5. The van der Waals surface area contributed by atoms with E-state index in [0.717, 1.165) is 66.4 Å². The van der Waals surface area contributed by atoms with Crippen LogP contribution in [-0.4, -0.2) is 69.8 Å². The van der Waals surface area contributed by atoms with Crippen molar-refractivity contribution in [3.05, 3.63) is 308 Å². The van der Waals surface area contributed by atoms with Crippen LogP contribution in [-0.2, 0) is 19.8 Å². The van der Waals surface area contributed by atoms with Crippen molar-refractivity contribution in [2.24, 2.45) is 0 Å². The molecule has 100 heavy (non-hydrogen) atoms. The summed E-state index contributed by atoms with van der Waals surface area (Å²) in [5.41, 5.74) is 14.6. The first-order valence-electron chi connectivity index (χ1n) is 32.4. The Morgan fingerprint density at radius 1 is 0.200 bits per heavy atom. The van der Waals surface area contributed by atoms with Gasteiger partial charge >= 0.3 is 0 Å². The van der Waals surface area contributed by atoms with Crippen molar-refractivity contribution >= 4 is 44.1 Å². The third-order valence-corrected chi connectivity index (χ3v) is 16.9. The third kappa shape index (κ3) is 13.1.